The zero-order valence-electron chi connectivity index (χ0n) is 10.4. The van der Waals surface area contributed by atoms with Gasteiger partial charge < -0.3 is 19.2 Å². The molecule has 5 nitrogen and oxygen atoms in total. The lowest BCUT2D eigenvalue weighted by atomic mass is 10.1. The van der Waals surface area contributed by atoms with Crippen LogP contribution in [0.5, 0.6) is 11.5 Å². The second kappa shape index (κ2) is 4.68. The number of benzene rings is 1. The van der Waals surface area contributed by atoms with Crippen LogP contribution in [0.4, 0.5) is 0 Å². The van der Waals surface area contributed by atoms with Gasteiger partial charge in [0.05, 0.1) is 12.3 Å². The first kappa shape index (κ1) is 11.6. The molecule has 0 fully saturated rings. The average Bonchev–Trinajstić information content (AvgIpc) is 3.09. The number of hydrogen-bond acceptors (Lipinski definition) is 4. The van der Waals surface area contributed by atoms with Crippen LogP contribution >= 0.6 is 0 Å². The summed E-state index contributed by atoms with van der Waals surface area (Å²) in [6, 6.07) is 8.54. The first-order valence-electron chi connectivity index (χ1n) is 5.98. The third-order valence-electron chi connectivity index (χ3n) is 2.95. The number of amides is 1. The Morgan fingerprint density at radius 2 is 2.11 bits per heavy atom. The third-order valence-corrected chi connectivity index (χ3v) is 2.95. The summed E-state index contributed by atoms with van der Waals surface area (Å²) in [4.78, 5) is 12.1. The molecule has 0 saturated carbocycles. The smallest absolute Gasteiger partial charge is 0.252 e. The predicted molar refractivity (Wildman–Crippen MR) is 67.2 cm³/mol. The SMILES string of the molecule is C[C@@H](NC(=O)c1ccc2c(c1)OCO2)c1ccco1. The lowest BCUT2D eigenvalue weighted by Gasteiger charge is -2.11. The van der Waals surface area contributed by atoms with Crippen LogP contribution in [-0.4, -0.2) is 12.7 Å². The number of nitrogens with one attached hydrogen (secondary N) is 1. The molecule has 0 radical (unpaired) electrons. The van der Waals surface area contributed by atoms with Crippen LogP contribution in [0.15, 0.2) is 41.0 Å². The highest BCUT2D eigenvalue weighted by molar-refractivity contribution is 5.95. The molecule has 1 aromatic carbocycles. The minimum atomic E-state index is -0.187. The Kier molecular flexibility index (Phi) is 2.87. The fraction of sp³-hybridized carbons (Fsp3) is 0.214. The molecule has 98 valence electrons. The van der Waals surface area contributed by atoms with Gasteiger partial charge >= 0.3 is 0 Å². The lowest BCUT2D eigenvalue weighted by Crippen LogP contribution is -2.26. The highest BCUT2D eigenvalue weighted by Gasteiger charge is 2.18. The van der Waals surface area contributed by atoms with Crippen LogP contribution in [0.1, 0.15) is 29.1 Å². The standard InChI is InChI=1S/C14H13NO4/c1-9(11-3-2-6-17-11)15-14(16)10-4-5-12-13(7-10)19-8-18-12/h2-7,9H,8H2,1H3,(H,15,16)/t9-/m1/s1. The maximum atomic E-state index is 12.1. The molecule has 0 aliphatic carbocycles. The maximum absolute atomic E-state index is 12.1. The summed E-state index contributed by atoms with van der Waals surface area (Å²) in [6.45, 7) is 2.06. The summed E-state index contributed by atoms with van der Waals surface area (Å²) in [5.41, 5.74) is 0.530. The van der Waals surface area contributed by atoms with Gasteiger partial charge in [0.25, 0.3) is 5.91 Å². The van der Waals surface area contributed by atoms with Gasteiger partial charge in [0, 0.05) is 5.56 Å². The van der Waals surface area contributed by atoms with E-state index in [1.807, 2.05) is 13.0 Å². The molecule has 2 aromatic rings. The van der Waals surface area contributed by atoms with Gasteiger partial charge in [-0.3, -0.25) is 4.79 Å². The second-order valence-corrected chi connectivity index (χ2v) is 4.28. The molecule has 1 amide bonds. The Hall–Kier alpha value is -2.43. The summed E-state index contributed by atoms with van der Waals surface area (Å²) in [6.07, 6.45) is 1.58. The molecule has 1 aromatic heterocycles. The molecular formula is C14H13NO4. The van der Waals surface area contributed by atoms with Gasteiger partial charge in [-0.15, -0.1) is 0 Å². The number of hydrogen-bond donors (Lipinski definition) is 1. The van der Waals surface area contributed by atoms with Crippen molar-refractivity contribution in [2.75, 3.05) is 6.79 Å². The Balaban J connectivity index is 1.74. The Labute approximate surface area is 110 Å². The van der Waals surface area contributed by atoms with Gasteiger partial charge in [0.1, 0.15) is 5.76 Å². The van der Waals surface area contributed by atoms with Crippen molar-refractivity contribution >= 4 is 5.91 Å². The van der Waals surface area contributed by atoms with Gasteiger partial charge in [0.2, 0.25) is 6.79 Å². The van der Waals surface area contributed by atoms with Crippen LogP contribution in [0.25, 0.3) is 0 Å². The summed E-state index contributed by atoms with van der Waals surface area (Å²) in [7, 11) is 0. The van der Waals surface area contributed by atoms with Crippen LogP contribution in [0.2, 0.25) is 0 Å². The number of fused-ring (bicyclic) bond motifs is 1. The van der Waals surface area contributed by atoms with E-state index in [4.69, 9.17) is 13.9 Å². The summed E-state index contributed by atoms with van der Waals surface area (Å²) >= 11 is 0. The van der Waals surface area contributed by atoms with Gasteiger partial charge in [-0.2, -0.15) is 0 Å². The zero-order chi connectivity index (χ0) is 13.2. The molecule has 1 aliphatic rings. The molecule has 0 spiro atoms. The first-order valence-corrected chi connectivity index (χ1v) is 5.98. The molecule has 0 bridgehead atoms. The fourth-order valence-electron chi connectivity index (χ4n) is 1.93. The van der Waals surface area contributed by atoms with Crippen molar-refractivity contribution < 1.29 is 18.7 Å². The third kappa shape index (κ3) is 2.27. The molecule has 5 heteroatoms. The van der Waals surface area contributed by atoms with Crippen molar-refractivity contribution in [2.45, 2.75) is 13.0 Å². The first-order chi connectivity index (χ1) is 9.24. The Bertz CT molecular complexity index is 591. The molecule has 3 rings (SSSR count). The van der Waals surface area contributed by atoms with E-state index in [2.05, 4.69) is 5.32 Å². The van der Waals surface area contributed by atoms with Crippen molar-refractivity contribution in [3.8, 4) is 11.5 Å². The highest BCUT2D eigenvalue weighted by Crippen LogP contribution is 2.32. The second-order valence-electron chi connectivity index (χ2n) is 4.28. The summed E-state index contributed by atoms with van der Waals surface area (Å²) < 4.78 is 15.7. The van der Waals surface area contributed by atoms with E-state index < -0.39 is 0 Å². The number of furan rings is 1. The Morgan fingerprint density at radius 3 is 2.89 bits per heavy atom. The summed E-state index contributed by atoms with van der Waals surface area (Å²) in [5, 5.41) is 2.86. The number of ether oxygens (including phenoxy) is 2. The van der Waals surface area contributed by atoms with Crippen molar-refractivity contribution in [1.29, 1.82) is 0 Å². The van der Waals surface area contributed by atoms with Crippen LogP contribution < -0.4 is 14.8 Å². The number of rotatable bonds is 3. The van der Waals surface area contributed by atoms with Crippen molar-refractivity contribution in [3.63, 3.8) is 0 Å². The van der Waals surface area contributed by atoms with E-state index in [0.29, 0.717) is 22.8 Å². The maximum Gasteiger partial charge on any atom is 0.252 e. The van der Waals surface area contributed by atoms with Crippen LogP contribution in [-0.2, 0) is 0 Å². The Morgan fingerprint density at radius 1 is 1.26 bits per heavy atom. The summed E-state index contributed by atoms with van der Waals surface area (Å²) in [5.74, 6) is 1.80. The monoisotopic (exact) mass is 259 g/mol. The fourth-order valence-corrected chi connectivity index (χ4v) is 1.93. The average molecular weight is 259 g/mol. The quantitative estimate of drug-likeness (QED) is 0.920. The zero-order valence-corrected chi connectivity index (χ0v) is 10.4. The number of carbonyl (C=O) groups excluding carboxylic acids is 1. The minimum absolute atomic E-state index is 0.179. The van der Waals surface area contributed by atoms with E-state index in [9.17, 15) is 4.79 Å². The van der Waals surface area contributed by atoms with Gasteiger partial charge in [-0.25, -0.2) is 0 Å². The van der Waals surface area contributed by atoms with E-state index in [1.165, 1.54) is 0 Å². The molecule has 1 aliphatic heterocycles. The van der Waals surface area contributed by atoms with E-state index in [1.54, 1.807) is 30.5 Å². The van der Waals surface area contributed by atoms with Crippen molar-refractivity contribution in [3.05, 3.63) is 47.9 Å². The largest absolute Gasteiger partial charge is 0.467 e. The van der Waals surface area contributed by atoms with Crippen molar-refractivity contribution in [2.24, 2.45) is 0 Å². The highest BCUT2D eigenvalue weighted by atomic mass is 16.7. The van der Waals surface area contributed by atoms with Gasteiger partial charge in [0.15, 0.2) is 11.5 Å². The molecular weight excluding hydrogens is 246 g/mol. The molecule has 1 N–H and O–H groups in total. The minimum Gasteiger partial charge on any atom is -0.467 e. The predicted octanol–water partition coefficient (Wildman–Crippen LogP) is 2.50. The van der Waals surface area contributed by atoms with Gasteiger partial charge in [-0.05, 0) is 37.3 Å². The van der Waals surface area contributed by atoms with Crippen LogP contribution in [0, 0.1) is 0 Å². The van der Waals surface area contributed by atoms with Crippen LogP contribution in [0.3, 0.4) is 0 Å². The molecule has 0 saturated heterocycles. The normalized spacial score (nSPS) is 14.2. The topological polar surface area (TPSA) is 60.7 Å². The van der Waals surface area contributed by atoms with Crippen molar-refractivity contribution in [1.82, 2.24) is 5.32 Å². The van der Waals surface area contributed by atoms with Gasteiger partial charge in [-0.1, -0.05) is 0 Å². The molecule has 2 heterocycles. The molecule has 1 atom stereocenters. The molecule has 19 heavy (non-hydrogen) atoms. The van der Waals surface area contributed by atoms with E-state index in [0.717, 1.165) is 0 Å². The van der Waals surface area contributed by atoms with E-state index >= 15 is 0 Å². The van der Waals surface area contributed by atoms with E-state index in [-0.39, 0.29) is 18.7 Å². The number of carbonyl (C=O) groups is 1. The molecule has 0 unspecified atom stereocenters. The lowest BCUT2D eigenvalue weighted by molar-refractivity contribution is 0.0935.